The summed E-state index contributed by atoms with van der Waals surface area (Å²) < 4.78 is 13.4. The maximum Gasteiger partial charge on any atom is 0.168 e. The minimum atomic E-state index is -0.0195. The van der Waals surface area contributed by atoms with Crippen molar-refractivity contribution in [3.8, 4) is 0 Å². The number of nitrogens with two attached hydrogens (primary N) is 1. The second-order valence-corrected chi connectivity index (χ2v) is 5.30. The highest BCUT2D eigenvalue weighted by atomic mass is 16.5. The monoisotopic (exact) mass is 252 g/mol. The lowest BCUT2D eigenvalue weighted by molar-refractivity contribution is -0.145. The first kappa shape index (κ1) is 11.9. The van der Waals surface area contributed by atoms with E-state index in [2.05, 4.69) is 10.3 Å². The van der Waals surface area contributed by atoms with Crippen molar-refractivity contribution in [2.24, 2.45) is 0 Å². The smallest absolute Gasteiger partial charge is 0.168 e. The van der Waals surface area contributed by atoms with Crippen LogP contribution in [0.5, 0.6) is 0 Å². The lowest BCUT2D eigenvalue weighted by Crippen LogP contribution is -2.45. The van der Waals surface area contributed by atoms with Gasteiger partial charge in [-0.3, -0.25) is 0 Å². The Hall–Kier alpha value is -1.14. The molecule has 3 heterocycles. The second kappa shape index (κ2) is 4.51. The van der Waals surface area contributed by atoms with Crippen molar-refractivity contribution in [2.75, 3.05) is 25.6 Å². The molecule has 0 bridgehead atoms. The number of nitrogen functional groups attached to an aromatic ring is 1. The van der Waals surface area contributed by atoms with E-state index in [1.807, 2.05) is 11.6 Å². The summed E-state index contributed by atoms with van der Waals surface area (Å²) in [6.07, 6.45) is 3.92. The largest absolute Gasteiger partial charge is 0.381 e. The minimum absolute atomic E-state index is 0.0195. The highest BCUT2D eigenvalue weighted by Gasteiger charge is 2.40. The SMILES string of the molecule is Cc1c(N)nnn1C1CCOC2(CCOCC2)C1. The summed E-state index contributed by atoms with van der Waals surface area (Å²) in [4.78, 5) is 0. The lowest BCUT2D eigenvalue weighted by atomic mass is 9.84. The van der Waals surface area contributed by atoms with E-state index in [0.29, 0.717) is 11.9 Å². The van der Waals surface area contributed by atoms with Crippen LogP contribution in [-0.4, -0.2) is 40.4 Å². The van der Waals surface area contributed by atoms with Gasteiger partial charge in [0.15, 0.2) is 5.82 Å². The van der Waals surface area contributed by atoms with Gasteiger partial charge in [-0.05, 0) is 32.6 Å². The maximum atomic E-state index is 6.03. The van der Waals surface area contributed by atoms with E-state index in [4.69, 9.17) is 15.2 Å². The summed E-state index contributed by atoms with van der Waals surface area (Å²) in [6.45, 7) is 4.35. The van der Waals surface area contributed by atoms with Crippen LogP contribution in [0.1, 0.15) is 37.4 Å². The molecule has 1 aromatic heterocycles. The van der Waals surface area contributed by atoms with Crippen LogP contribution < -0.4 is 5.73 Å². The molecular weight excluding hydrogens is 232 g/mol. The Labute approximate surface area is 106 Å². The van der Waals surface area contributed by atoms with Crippen LogP contribution in [-0.2, 0) is 9.47 Å². The van der Waals surface area contributed by atoms with E-state index >= 15 is 0 Å². The van der Waals surface area contributed by atoms with Gasteiger partial charge < -0.3 is 15.2 Å². The Morgan fingerprint density at radius 1 is 1.33 bits per heavy atom. The van der Waals surface area contributed by atoms with E-state index in [0.717, 1.165) is 51.2 Å². The fourth-order valence-corrected chi connectivity index (χ4v) is 3.00. The van der Waals surface area contributed by atoms with E-state index in [-0.39, 0.29) is 5.60 Å². The number of aromatic nitrogens is 3. The Morgan fingerprint density at radius 2 is 2.11 bits per heavy atom. The van der Waals surface area contributed by atoms with Crippen LogP contribution in [0, 0.1) is 6.92 Å². The van der Waals surface area contributed by atoms with E-state index in [1.165, 1.54) is 0 Å². The summed E-state index contributed by atoms with van der Waals surface area (Å²) in [5, 5.41) is 8.12. The van der Waals surface area contributed by atoms with Gasteiger partial charge in [0.2, 0.25) is 0 Å². The van der Waals surface area contributed by atoms with Crippen molar-refractivity contribution in [3.05, 3.63) is 5.69 Å². The van der Waals surface area contributed by atoms with E-state index < -0.39 is 0 Å². The molecule has 6 heteroatoms. The molecule has 2 saturated heterocycles. The molecular formula is C12H20N4O2. The molecule has 0 amide bonds. The summed E-state index contributed by atoms with van der Waals surface area (Å²) >= 11 is 0. The van der Waals surface area contributed by atoms with Gasteiger partial charge in [0.25, 0.3) is 0 Å². The number of hydrogen-bond acceptors (Lipinski definition) is 5. The third-order valence-electron chi connectivity index (χ3n) is 4.18. The van der Waals surface area contributed by atoms with Crippen molar-refractivity contribution < 1.29 is 9.47 Å². The average Bonchev–Trinajstić information content (AvgIpc) is 2.71. The normalized spacial score (nSPS) is 27.5. The number of nitrogens with zero attached hydrogens (tertiary/aromatic N) is 3. The number of rotatable bonds is 1. The summed E-state index contributed by atoms with van der Waals surface area (Å²) in [5.74, 6) is 0.530. The topological polar surface area (TPSA) is 75.2 Å². The molecule has 0 saturated carbocycles. The maximum absolute atomic E-state index is 6.03. The van der Waals surface area contributed by atoms with Crippen LogP contribution in [0.3, 0.4) is 0 Å². The molecule has 2 aliphatic heterocycles. The quantitative estimate of drug-likeness (QED) is 0.809. The Morgan fingerprint density at radius 3 is 2.78 bits per heavy atom. The fourth-order valence-electron chi connectivity index (χ4n) is 3.00. The predicted octanol–water partition coefficient (Wildman–Crippen LogP) is 1.07. The van der Waals surface area contributed by atoms with Gasteiger partial charge >= 0.3 is 0 Å². The van der Waals surface area contributed by atoms with E-state index in [1.54, 1.807) is 0 Å². The third kappa shape index (κ3) is 1.99. The number of ether oxygens (including phenoxy) is 2. The van der Waals surface area contributed by atoms with Crippen molar-refractivity contribution in [2.45, 2.75) is 44.2 Å². The molecule has 0 radical (unpaired) electrons. The molecule has 0 aromatic carbocycles. The number of hydrogen-bond donors (Lipinski definition) is 1. The Bertz CT molecular complexity index is 420. The predicted molar refractivity (Wildman–Crippen MR) is 66.2 cm³/mol. The van der Waals surface area contributed by atoms with Crippen molar-refractivity contribution in [3.63, 3.8) is 0 Å². The summed E-state index contributed by atoms with van der Waals surface area (Å²) in [5.41, 5.74) is 6.71. The molecule has 1 aromatic rings. The zero-order valence-electron chi connectivity index (χ0n) is 10.8. The first-order valence-corrected chi connectivity index (χ1v) is 6.59. The fraction of sp³-hybridized carbons (Fsp3) is 0.833. The zero-order chi connectivity index (χ0) is 12.6. The molecule has 1 unspecified atom stereocenters. The summed E-state index contributed by atoms with van der Waals surface area (Å²) in [7, 11) is 0. The second-order valence-electron chi connectivity index (χ2n) is 5.30. The van der Waals surface area contributed by atoms with Crippen LogP contribution in [0.15, 0.2) is 0 Å². The van der Waals surface area contributed by atoms with Crippen LogP contribution in [0.4, 0.5) is 5.82 Å². The molecule has 2 aliphatic rings. The van der Waals surface area contributed by atoms with Crippen LogP contribution in [0.2, 0.25) is 0 Å². The van der Waals surface area contributed by atoms with Crippen LogP contribution in [0.25, 0.3) is 0 Å². The molecule has 18 heavy (non-hydrogen) atoms. The molecule has 6 nitrogen and oxygen atoms in total. The Balaban J connectivity index is 1.79. The highest BCUT2D eigenvalue weighted by molar-refractivity contribution is 5.31. The van der Waals surface area contributed by atoms with Gasteiger partial charge in [-0.1, -0.05) is 5.21 Å². The third-order valence-corrected chi connectivity index (χ3v) is 4.18. The van der Waals surface area contributed by atoms with Crippen molar-refractivity contribution >= 4 is 5.82 Å². The first-order valence-electron chi connectivity index (χ1n) is 6.59. The molecule has 1 atom stereocenters. The van der Waals surface area contributed by atoms with E-state index in [9.17, 15) is 0 Å². The lowest BCUT2D eigenvalue weighted by Gasteiger charge is -2.43. The van der Waals surface area contributed by atoms with Gasteiger partial charge in [-0.2, -0.15) is 0 Å². The molecule has 2 fully saturated rings. The molecule has 1 spiro atoms. The number of anilines is 1. The standard InChI is InChI=1S/C12H20N4O2/c1-9-11(13)14-15-16(9)10-2-5-18-12(8-10)3-6-17-7-4-12/h10H,2-8,13H2,1H3. The minimum Gasteiger partial charge on any atom is -0.381 e. The molecule has 100 valence electrons. The Kier molecular flexibility index (Phi) is 2.99. The van der Waals surface area contributed by atoms with Gasteiger partial charge in [0.05, 0.1) is 17.3 Å². The summed E-state index contributed by atoms with van der Waals surface area (Å²) in [6, 6.07) is 0.349. The molecule has 0 aliphatic carbocycles. The van der Waals surface area contributed by atoms with Crippen LogP contribution >= 0.6 is 0 Å². The van der Waals surface area contributed by atoms with Gasteiger partial charge in [-0.25, -0.2) is 4.68 Å². The highest BCUT2D eigenvalue weighted by Crippen LogP contribution is 2.39. The van der Waals surface area contributed by atoms with Gasteiger partial charge in [0, 0.05) is 19.8 Å². The first-order chi connectivity index (χ1) is 8.70. The van der Waals surface area contributed by atoms with Crippen molar-refractivity contribution in [1.82, 2.24) is 15.0 Å². The van der Waals surface area contributed by atoms with Gasteiger partial charge in [0.1, 0.15) is 0 Å². The van der Waals surface area contributed by atoms with Gasteiger partial charge in [-0.15, -0.1) is 5.10 Å². The zero-order valence-corrected chi connectivity index (χ0v) is 10.8. The van der Waals surface area contributed by atoms with Crippen molar-refractivity contribution in [1.29, 1.82) is 0 Å². The average molecular weight is 252 g/mol. The molecule has 3 rings (SSSR count). The molecule has 2 N–H and O–H groups in total.